The van der Waals surface area contributed by atoms with Crippen LogP contribution in [0.3, 0.4) is 0 Å². The third-order valence-electron chi connectivity index (χ3n) is 2.96. The van der Waals surface area contributed by atoms with Crippen molar-refractivity contribution in [2.24, 2.45) is 5.73 Å². The molecule has 1 rings (SSSR count). The maximum Gasteiger partial charge on any atom is 0.170 e. The molecule has 0 aliphatic carbocycles. The van der Waals surface area contributed by atoms with Crippen molar-refractivity contribution >= 4 is 11.6 Å². The SMILES string of the molecule is CCCCC(=O)CC(=O)c1ccc(OCCCN)cc1. The van der Waals surface area contributed by atoms with Gasteiger partial charge in [0.1, 0.15) is 11.5 Å². The Labute approximate surface area is 120 Å². The molecule has 0 fully saturated rings. The summed E-state index contributed by atoms with van der Waals surface area (Å²) in [4.78, 5) is 23.5. The van der Waals surface area contributed by atoms with E-state index in [-0.39, 0.29) is 18.0 Å². The summed E-state index contributed by atoms with van der Waals surface area (Å²) < 4.78 is 5.46. The lowest BCUT2D eigenvalue weighted by Crippen LogP contribution is -2.08. The van der Waals surface area contributed by atoms with Crippen molar-refractivity contribution in [3.8, 4) is 5.75 Å². The van der Waals surface area contributed by atoms with Gasteiger partial charge in [-0.2, -0.15) is 0 Å². The van der Waals surface area contributed by atoms with Crippen molar-refractivity contribution in [2.45, 2.75) is 39.0 Å². The molecule has 2 N–H and O–H groups in total. The third kappa shape index (κ3) is 5.97. The minimum atomic E-state index is -0.125. The highest BCUT2D eigenvalue weighted by Gasteiger charge is 2.11. The van der Waals surface area contributed by atoms with Gasteiger partial charge in [-0.05, 0) is 43.7 Å². The Morgan fingerprint density at radius 1 is 1.15 bits per heavy atom. The number of hydrogen-bond donors (Lipinski definition) is 1. The Morgan fingerprint density at radius 3 is 2.45 bits per heavy atom. The lowest BCUT2D eigenvalue weighted by atomic mass is 10.0. The van der Waals surface area contributed by atoms with Crippen molar-refractivity contribution in [3.63, 3.8) is 0 Å². The zero-order chi connectivity index (χ0) is 14.8. The Kier molecular flexibility index (Phi) is 7.58. The molecular formula is C16H23NO3. The van der Waals surface area contributed by atoms with Gasteiger partial charge in [0.15, 0.2) is 5.78 Å². The number of nitrogens with two attached hydrogens (primary N) is 1. The molecule has 1 aromatic rings. The van der Waals surface area contributed by atoms with Crippen LogP contribution >= 0.6 is 0 Å². The minimum Gasteiger partial charge on any atom is -0.494 e. The van der Waals surface area contributed by atoms with Crippen molar-refractivity contribution in [2.75, 3.05) is 13.2 Å². The standard InChI is InChI=1S/C16H23NO3/c1-2-3-5-14(18)12-16(19)13-6-8-15(9-7-13)20-11-4-10-17/h6-9H,2-5,10-12,17H2,1H3. The molecule has 0 saturated heterocycles. The topological polar surface area (TPSA) is 69.4 Å². The first-order valence-electron chi connectivity index (χ1n) is 7.15. The largest absolute Gasteiger partial charge is 0.494 e. The number of hydrogen-bond acceptors (Lipinski definition) is 4. The molecule has 0 aliphatic heterocycles. The zero-order valence-corrected chi connectivity index (χ0v) is 12.1. The fourth-order valence-electron chi connectivity index (χ4n) is 1.75. The van der Waals surface area contributed by atoms with Crippen LogP contribution in [0.2, 0.25) is 0 Å². The van der Waals surface area contributed by atoms with Crippen LogP contribution in [0, 0.1) is 0 Å². The van der Waals surface area contributed by atoms with Crippen molar-refractivity contribution < 1.29 is 14.3 Å². The monoisotopic (exact) mass is 277 g/mol. The molecular weight excluding hydrogens is 254 g/mol. The van der Waals surface area contributed by atoms with Gasteiger partial charge in [-0.15, -0.1) is 0 Å². The van der Waals surface area contributed by atoms with Crippen LogP contribution in [0.4, 0.5) is 0 Å². The number of carbonyl (C=O) groups excluding carboxylic acids is 2. The summed E-state index contributed by atoms with van der Waals surface area (Å²) in [5.41, 5.74) is 5.94. The van der Waals surface area contributed by atoms with Crippen LogP contribution in [-0.4, -0.2) is 24.7 Å². The highest BCUT2D eigenvalue weighted by molar-refractivity contribution is 6.07. The molecule has 0 amide bonds. The van der Waals surface area contributed by atoms with E-state index in [0.29, 0.717) is 30.9 Å². The number of unbranched alkanes of at least 4 members (excludes halogenated alkanes) is 1. The van der Waals surface area contributed by atoms with E-state index in [9.17, 15) is 9.59 Å². The molecule has 0 radical (unpaired) electrons. The number of ether oxygens (including phenoxy) is 1. The van der Waals surface area contributed by atoms with Gasteiger partial charge in [0.05, 0.1) is 13.0 Å². The van der Waals surface area contributed by atoms with Crippen molar-refractivity contribution in [1.29, 1.82) is 0 Å². The first kappa shape index (κ1) is 16.4. The van der Waals surface area contributed by atoms with Gasteiger partial charge in [0.2, 0.25) is 0 Å². The van der Waals surface area contributed by atoms with Gasteiger partial charge >= 0.3 is 0 Å². The predicted molar refractivity (Wildman–Crippen MR) is 79.1 cm³/mol. The molecule has 0 bridgehead atoms. The van der Waals surface area contributed by atoms with Crippen LogP contribution in [0.15, 0.2) is 24.3 Å². The molecule has 0 heterocycles. The van der Waals surface area contributed by atoms with E-state index in [1.165, 1.54) is 0 Å². The molecule has 4 nitrogen and oxygen atoms in total. The highest BCUT2D eigenvalue weighted by atomic mass is 16.5. The van der Waals surface area contributed by atoms with Gasteiger partial charge in [0, 0.05) is 12.0 Å². The molecule has 1 aromatic carbocycles. The summed E-state index contributed by atoms with van der Waals surface area (Å²) in [5, 5.41) is 0. The van der Waals surface area contributed by atoms with E-state index in [0.717, 1.165) is 19.3 Å². The molecule has 110 valence electrons. The van der Waals surface area contributed by atoms with Crippen LogP contribution in [0.5, 0.6) is 5.75 Å². The first-order chi connectivity index (χ1) is 9.67. The van der Waals surface area contributed by atoms with E-state index >= 15 is 0 Å². The molecule has 0 atom stereocenters. The number of benzene rings is 1. The lowest BCUT2D eigenvalue weighted by molar-refractivity contribution is -0.118. The Bertz CT molecular complexity index is 426. The zero-order valence-electron chi connectivity index (χ0n) is 12.1. The number of carbonyl (C=O) groups is 2. The minimum absolute atomic E-state index is 0.00657. The van der Waals surface area contributed by atoms with Gasteiger partial charge in [0.25, 0.3) is 0 Å². The number of Topliss-reactive ketones (excluding diaryl/α,β-unsaturated/α-hetero) is 2. The molecule has 20 heavy (non-hydrogen) atoms. The molecule has 4 heteroatoms. The van der Waals surface area contributed by atoms with E-state index in [2.05, 4.69) is 0 Å². The quantitative estimate of drug-likeness (QED) is 0.405. The van der Waals surface area contributed by atoms with E-state index in [1.807, 2.05) is 6.92 Å². The van der Waals surface area contributed by atoms with Crippen LogP contribution < -0.4 is 10.5 Å². The summed E-state index contributed by atoms with van der Waals surface area (Å²) >= 11 is 0. The normalized spacial score (nSPS) is 10.3. The average Bonchev–Trinajstić information content (AvgIpc) is 2.46. The first-order valence-corrected chi connectivity index (χ1v) is 7.15. The van der Waals surface area contributed by atoms with Crippen molar-refractivity contribution in [1.82, 2.24) is 0 Å². The van der Waals surface area contributed by atoms with E-state index in [1.54, 1.807) is 24.3 Å². The van der Waals surface area contributed by atoms with E-state index < -0.39 is 0 Å². The Morgan fingerprint density at radius 2 is 1.85 bits per heavy atom. The maximum absolute atomic E-state index is 11.9. The molecule has 0 saturated carbocycles. The molecule has 0 unspecified atom stereocenters. The number of rotatable bonds is 10. The fourth-order valence-corrected chi connectivity index (χ4v) is 1.75. The van der Waals surface area contributed by atoms with Crippen LogP contribution in [0.25, 0.3) is 0 Å². The van der Waals surface area contributed by atoms with Crippen LogP contribution in [0.1, 0.15) is 49.4 Å². The van der Waals surface area contributed by atoms with Gasteiger partial charge in [-0.1, -0.05) is 13.3 Å². The summed E-state index contributed by atoms with van der Waals surface area (Å²) in [5.74, 6) is 0.604. The second-order valence-corrected chi connectivity index (χ2v) is 4.76. The van der Waals surface area contributed by atoms with Gasteiger partial charge in [-0.3, -0.25) is 9.59 Å². The fraction of sp³-hybridized carbons (Fsp3) is 0.500. The Hall–Kier alpha value is -1.68. The molecule has 0 spiro atoms. The highest BCUT2D eigenvalue weighted by Crippen LogP contribution is 2.14. The maximum atomic E-state index is 11.9. The number of ketones is 2. The summed E-state index contributed by atoms with van der Waals surface area (Å²) in [6, 6.07) is 6.90. The lowest BCUT2D eigenvalue weighted by Gasteiger charge is -2.06. The second-order valence-electron chi connectivity index (χ2n) is 4.76. The summed E-state index contributed by atoms with van der Waals surface area (Å²) in [6.07, 6.45) is 3.09. The average molecular weight is 277 g/mol. The summed E-state index contributed by atoms with van der Waals surface area (Å²) in [6.45, 7) is 3.19. The van der Waals surface area contributed by atoms with Crippen LogP contribution in [-0.2, 0) is 4.79 Å². The van der Waals surface area contributed by atoms with Crippen molar-refractivity contribution in [3.05, 3.63) is 29.8 Å². The molecule has 0 aliphatic rings. The Balaban J connectivity index is 2.46. The van der Waals surface area contributed by atoms with E-state index in [4.69, 9.17) is 10.5 Å². The van der Waals surface area contributed by atoms with Gasteiger partial charge < -0.3 is 10.5 Å². The molecule has 0 aromatic heterocycles. The van der Waals surface area contributed by atoms with Gasteiger partial charge in [-0.25, -0.2) is 0 Å². The second kappa shape index (κ2) is 9.26. The smallest absolute Gasteiger partial charge is 0.170 e. The third-order valence-corrected chi connectivity index (χ3v) is 2.96. The predicted octanol–water partition coefficient (Wildman–Crippen LogP) is 2.75. The summed E-state index contributed by atoms with van der Waals surface area (Å²) in [7, 11) is 0.